The highest BCUT2D eigenvalue weighted by atomic mass is 16.5. The summed E-state index contributed by atoms with van der Waals surface area (Å²) >= 11 is 0. The number of rotatable bonds is 2. The molecule has 0 aliphatic carbocycles. The van der Waals surface area contributed by atoms with Crippen molar-refractivity contribution < 1.29 is 9.53 Å². The van der Waals surface area contributed by atoms with Crippen molar-refractivity contribution in [2.75, 3.05) is 12.8 Å². The summed E-state index contributed by atoms with van der Waals surface area (Å²) in [5.74, 6) is -0.308. The second-order valence-electron chi connectivity index (χ2n) is 3.18. The molecule has 0 fully saturated rings. The van der Waals surface area contributed by atoms with Crippen LogP contribution in [0.5, 0.6) is 0 Å². The van der Waals surface area contributed by atoms with Crippen LogP contribution < -0.4 is 5.73 Å². The van der Waals surface area contributed by atoms with Crippen LogP contribution in [0.4, 0.5) is 5.69 Å². The quantitative estimate of drug-likeness (QED) is 0.730. The van der Waals surface area contributed by atoms with Crippen LogP contribution in [0, 0.1) is 0 Å². The zero-order chi connectivity index (χ0) is 10.8. The van der Waals surface area contributed by atoms with Gasteiger partial charge >= 0.3 is 5.97 Å². The Morgan fingerprint density at radius 1 is 1.67 bits per heavy atom. The Labute approximate surface area is 86.5 Å². The molecule has 15 heavy (non-hydrogen) atoms. The van der Waals surface area contributed by atoms with Gasteiger partial charge in [0, 0.05) is 12.4 Å². The van der Waals surface area contributed by atoms with E-state index in [2.05, 4.69) is 9.72 Å². The van der Waals surface area contributed by atoms with Gasteiger partial charge in [-0.3, -0.25) is 4.79 Å². The summed E-state index contributed by atoms with van der Waals surface area (Å²) in [5.41, 5.74) is 7.64. The van der Waals surface area contributed by atoms with Crippen molar-refractivity contribution >= 4 is 17.3 Å². The largest absolute Gasteiger partial charge is 0.469 e. The summed E-state index contributed by atoms with van der Waals surface area (Å²) in [6.07, 6.45) is 3.76. The SMILES string of the molecule is COC(=O)Cc1cn2cccc(N)c2n1. The molecule has 0 bridgehead atoms. The van der Waals surface area contributed by atoms with Crippen molar-refractivity contribution in [1.82, 2.24) is 9.38 Å². The summed E-state index contributed by atoms with van der Waals surface area (Å²) < 4.78 is 6.35. The number of anilines is 1. The molecule has 0 spiro atoms. The van der Waals surface area contributed by atoms with Crippen LogP contribution in [0.2, 0.25) is 0 Å². The molecule has 0 aliphatic rings. The molecule has 2 rings (SSSR count). The van der Waals surface area contributed by atoms with Gasteiger partial charge in [-0.25, -0.2) is 4.98 Å². The summed E-state index contributed by atoms with van der Waals surface area (Å²) in [6.45, 7) is 0. The molecule has 0 amide bonds. The van der Waals surface area contributed by atoms with Crippen LogP contribution in [0.25, 0.3) is 5.65 Å². The van der Waals surface area contributed by atoms with Crippen molar-refractivity contribution in [3.8, 4) is 0 Å². The standard InChI is InChI=1S/C10H11N3O2/c1-15-9(14)5-7-6-13-4-2-3-8(11)10(13)12-7/h2-4,6H,5,11H2,1H3. The third-order valence-corrected chi connectivity index (χ3v) is 2.12. The number of nitrogens with two attached hydrogens (primary N) is 1. The molecule has 2 aromatic rings. The van der Waals surface area contributed by atoms with E-state index in [1.54, 1.807) is 16.7 Å². The molecule has 78 valence electrons. The molecule has 0 unspecified atom stereocenters. The summed E-state index contributed by atoms with van der Waals surface area (Å²) in [5, 5.41) is 0. The normalized spacial score (nSPS) is 10.5. The number of carbonyl (C=O) groups excluding carboxylic acids is 1. The predicted octanol–water partition coefficient (Wildman–Crippen LogP) is 0.632. The van der Waals surface area contributed by atoms with Gasteiger partial charge in [0.2, 0.25) is 0 Å². The van der Waals surface area contributed by atoms with E-state index in [0.29, 0.717) is 17.0 Å². The highest BCUT2D eigenvalue weighted by Gasteiger charge is 2.08. The first-order valence-corrected chi connectivity index (χ1v) is 4.49. The number of aromatic nitrogens is 2. The summed E-state index contributed by atoms with van der Waals surface area (Å²) in [6, 6.07) is 3.59. The van der Waals surface area contributed by atoms with Gasteiger partial charge in [-0.15, -0.1) is 0 Å². The van der Waals surface area contributed by atoms with Gasteiger partial charge in [-0.2, -0.15) is 0 Å². The number of methoxy groups -OCH3 is 1. The number of pyridine rings is 1. The van der Waals surface area contributed by atoms with Crippen LogP contribution in [-0.4, -0.2) is 22.5 Å². The third-order valence-electron chi connectivity index (χ3n) is 2.12. The monoisotopic (exact) mass is 205 g/mol. The lowest BCUT2D eigenvalue weighted by Gasteiger charge is -1.94. The molecule has 0 aromatic carbocycles. The van der Waals surface area contributed by atoms with E-state index in [1.807, 2.05) is 12.3 Å². The van der Waals surface area contributed by atoms with E-state index in [4.69, 9.17) is 5.73 Å². The van der Waals surface area contributed by atoms with Crippen molar-refractivity contribution in [3.05, 3.63) is 30.2 Å². The Morgan fingerprint density at radius 3 is 3.13 bits per heavy atom. The Kier molecular flexibility index (Phi) is 2.29. The average molecular weight is 205 g/mol. The van der Waals surface area contributed by atoms with E-state index in [1.165, 1.54) is 7.11 Å². The van der Waals surface area contributed by atoms with Crippen LogP contribution >= 0.6 is 0 Å². The van der Waals surface area contributed by atoms with E-state index < -0.39 is 0 Å². The number of fused-ring (bicyclic) bond motifs is 1. The van der Waals surface area contributed by atoms with E-state index in [0.717, 1.165) is 0 Å². The first-order chi connectivity index (χ1) is 7.20. The number of esters is 1. The van der Waals surface area contributed by atoms with Gasteiger partial charge in [0.1, 0.15) is 0 Å². The number of imidazole rings is 1. The second-order valence-corrected chi connectivity index (χ2v) is 3.18. The zero-order valence-electron chi connectivity index (χ0n) is 8.30. The van der Waals surface area contributed by atoms with Gasteiger partial charge in [-0.1, -0.05) is 0 Å². The first-order valence-electron chi connectivity index (χ1n) is 4.49. The fourth-order valence-electron chi connectivity index (χ4n) is 1.39. The molecular weight excluding hydrogens is 194 g/mol. The molecule has 2 heterocycles. The average Bonchev–Trinajstić information content (AvgIpc) is 2.62. The smallest absolute Gasteiger partial charge is 0.311 e. The number of nitrogen functional groups attached to an aromatic ring is 1. The molecule has 0 atom stereocenters. The molecule has 5 heteroatoms. The molecule has 0 saturated heterocycles. The minimum absolute atomic E-state index is 0.164. The number of hydrogen-bond acceptors (Lipinski definition) is 4. The maximum absolute atomic E-state index is 11.0. The molecule has 5 nitrogen and oxygen atoms in total. The molecule has 0 aliphatic heterocycles. The van der Waals surface area contributed by atoms with Gasteiger partial charge in [0.05, 0.1) is 24.9 Å². The van der Waals surface area contributed by atoms with Crippen LogP contribution in [0.3, 0.4) is 0 Å². The molecule has 0 radical (unpaired) electrons. The minimum Gasteiger partial charge on any atom is -0.469 e. The van der Waals surface area contributed by atoms with Gasteiger partial charge < -0.3 is 14.9 Å². The molecule has 0 saturated carbocycles. The second kappa shape index (κ2) is 3.61. The van der Waals surface area contributed by atoms with E-state index in [9.17, 15) is 4.79 Å². The van der Waals surface area contributed by atoms with Crippen molar-refractivity contribution in [2.45, 2.75) is 6.42 Å². The first kappa shape index (κ1) is 9.51. The molecule has 2 N–H and O–H groups in total. The zero-order valence-corrected chi connectivity index (χ0v) is 8.30. The highest BCUT2D eigenvalue weighted by molar-refractivity contribution is 5.73. The number of carbonyl (C=O) groups is 1. The number of ether oxygens (including phenoxy) is 1. The molecule has 2 aromatic heterocycles. The Balaban J connectivity index is 2.39. The van der Waals surface area contributed by atoms with Crippen LogP contribution in [-0.2, 0) is 16.0 Å². The fraction of sp³-hybridized carbons (Fsp3) is 0.200. The number of nitrogens with zero attached hydrogens (tertiary/aromatic N) is 2. The third kappa shape index (κ3) is 1.76. The fourth-order valence-corrected chi connectivity index (χ4v) is 1.39. The van der Waals surface area contributed by atoms with Gasteiger partial charge in [0.15, 0.2) is 5.65 Å². The Bertz CT molecular complexity index is 504. The van der Waals surface area contributed by atoms with Crippen LogP contribution in [0.1, 0.15) is 5.69 Å². The van der Waals surface area contributed by atoms with E-state index in [-0.39, 0.29) is 12.4 Å². The minimum atomic E-state index is -0.308. The van der Waals surface area contributed by atoms with E-state index >= 15 is 0 Å². The van der Waals surface area contributed by atoms with Crippen molar-refractivity contribution in [2.24, 2.45) is 0 Å². The van der Waals surface area contributed by atoms with Gasteiger partial charge in [-0.05, 0) is 12.1 Å². The molecular formula is C10H11N3O2. The maximum Gasteiger partial charge on any atom is 0.311 e. The lowest BCUT2D eigenvalue weighted by atomic mass is 10.3. The van der Waals surface area contributed by atoms with Crippen molar-refractivity contribution in [3.63, 3.8) is 0 Å². The van der Waals surface area contributed by atoms with Gasteiger partial charge in [0.25, 0.3) is 0 Å². The maximum atomic E-state index is 11.0. The highest BCUT2D eigenvalue weighted by Crippen LogP contribution is 2.12. The summed E-state index contributed by atoms with van der Waals surface area (Å²) in [7, 11) is 1.35. The number of hydrogen-bond donors (Lipinski definition) is 1. The lowest BCUT2D eigenvalue weighted by molar-refractivity contribution is -0.139. The predicted molar refractivity (Wildman–Crippen MR) is 55.3 cm³/mol. The lowest BCUT2D eigenvalue weighted by Crippen LogP contribution is -2.04. The Morgan fingerprint density at radius 2 is 2.47 bits per heavy atom. The Hall–Kier alpha value is -2.04. The topological polar surface area (TPSA) is 69.6 Å². The van der Waals surface area contributed by atoms with Crippen molar-refractivity contribution in [1.29, 1.82) is 0 Å². The summed E-state index contributed by atoms with van der Waals surface area (Å²) in [4.78, 5) is 15.3. The van der Waals surface area contributed by atoms with Crippen LogP contribution in [0.15, 0.2) is 24.5 Å².